The van der Waals surface area contributed by atoms with Crippen LogP contribution in [0, 0.1) is 31.5 Å². The highest BCUT2D eigenvalue weighted by atomic mass is 16.5. The minimum Gasteiger partial charge on any atom is -0.458 e. The molecule has 6 nitrogen and oxygen atoms in total. The Morgan fingerprint density at radius 3 is 2.00 bits per heavy atom. The fourth-order valence-electron chi connectivity index (χ4n) is 9.21. The van der Waals surface area contributed by atoms with Gasteiger partial charge in [0, 0.05) is 23.0 Å². The van der Waals surface area contributed by atoms with E-state index in [1.165, 1.54) is 0 Å². The van der Waals surface area contributed by atoms with Crippen LogP contribution in [0.5, 0.6) is 11.5 Å². The van der Waals surface area contributed by atoms with Gasteiger partial charge in [-0.3, -0.25) is 13.7 Å². The van der Waals surface area contributed by atoms with Crippen molar-refractivity contribution in [3.05, 3.63) is 223 Å². The molecular weight excluding hydrogens is 819 g/mol. The molecule has 3 aromatic heterocycles. The zero-order chi connectivity index (χ0) is 54.5. The molecule has 0 saturated carbocycles. The summed E-state index contributed by atoms with van der Waals surface area (Å²) in [5.41, 5.74) is 8.32. The Hall–Kier alpha value is -8.53. The molecule has 0 bridgehead atoms. The van der Waals surface area contributed by atoms with Gasteiger partial charge in [-0.05, 0) is 130 Å². The van der Waals surface area contributed by atoms with Crippen molar-refractivity contribution in [2.24, 2.45) is 0 Å². The number of fused-ring (bicyclic) bond motifs is 4. The fourth-order valence-corrected chi connectivity index (χ4v) is 9.21. The first-order chi connectivity index (χ1) is 36.8. The van der Waals surface area contributed by atoms with E-state index in [-0.39, 0.29) is 33.4 Å². The van der Waals surface area contributed by atoms with E-state index in [0.29, 0.717) is 33.8 Å². The second-order valence-corrected chi connectivity index (χ2v) is 17.5. The molecule has 0 spiro atoms. The number of aromatic nitrogens is 4. The highest BCUT2D eigenvalue weighted by Crippen LogP contribution is 2.40. The van der Waals surface area contributed by atoms with Crippen molar-refractivity contribution in [3.63, 3.8) is 0 Å². The molecular formula is C61H47N5O. The quantitative estimate of drug-likeness (QED) is 0.113. The Balaban J connectivity index is 1.17. The van der Waals surface area contributed by atoms with Crippen molar-refractivity contribution in [2.75, 3.05) is 0 Å². The largest absolute Gasteiger partial charge is 0.458 e. The van der Waals surface area contributed by atoms with Gasteiger partial charge < -0.3 is 4.74 Å². The van der Waals surface area contributed by atoms with Crippen molar-refractivity contribution in [1.82, 2.24) is 14.1 Å². The molecule has 0 fully saturated rings. The second kappa shape index (κ2) is 16.5. The Bertz CT molecular complexity index is 4190. The van der Waals surface area contributed by atoms with Crippen molar-refractivity contribution >= 4 is 32.8 Å². The number of aryl methyl sites for hydroxylation is 2. The number of para-hydroxylation sites is 3. The predicted octanol–water partition coefficient (Wildman–Crippen LogP) is 14.8. The first kappa shape index (κ1) is 31.4. The summed E-state index contributed by atoms with van der Waals surface area (Å²) in [4.78, 5) is 4.85. The van der Waals surface area contributed by atoms with E-state index in [1.807, 2.05) is 116 Å². The van der Waals surface area contributed by atoms with Gasteiger partial charge >= 0.3 is 0 Å². The summed E-state index contributed by atoms with van der Waals surface area (Å²) in [6.07, 6.45) is 5.39. The molecule has 67 heavy (non-hydrogen) atoms. The van der Waals surface area contributed by atoms with Crippen LogP contribution in [0.25, 0.3) is 83.4 Å². The molecule has 3 heterocycles. The number of nitriles is 1. The summed E-state index contributed by atoms with van der Waals surface area (Å²) >= 11 is 0. The Labute approximate surface area is 404 Å². The molecule has 0 radical (unpaired) electrons. The number of imidazole rings is 1. The van der Waals surface area contributed by atoms with E-state index in [1.54, 1.807) is 22.8 Å². The summed E-state index contributed by atoms with van der Waals surface area (Å²) in [5.74, 6) is 1.81. The predicted molar refractivity (Wildman–Crippen MR) is 271 cm³/mol. The molecule has 0 N–H and O–H groups in total. The van der Waals surface area contributed by atoms with Crippen LogP contribution < -0.4 is 9.30 Å². The van der Waals surface area contributed by atoms with Gasteiger partial charge in [0.2, 0.25) is 0 Å². The third-order valence-corrected chi connectivity index (χ3v) is 12.2. The summed E-state index contributed by atoms with van der Waals surface area (Å²) in [7, 11) is 0. The average Bonchev–Trinajstić information content (AvgIpc) is 4.05. The van der Waals surface area contributed by atoms with Crippen LogP contribution in [0.4, 0.5) is 0 Å². The molecule has 11 aromatic rings. The van der Waals surface area contributed by atoms with Gasteiger partial charge in [-0.1, -0.05) is 142 Å². The van der Waals surface area contributed by atoms with Gasteiger partial charge in [0.1, 0.15) is 17.3 Å². The SMILES string of the molecule is [2H]c1c([2H])c([2H])c(-c2cccc(-c3c([2H])c([2H])c([2H])c([2H])c3[2H])c2-[n+]2[c-]n(-c3cccc(Oc4ccc5c6ccccc6n(-c6cc(C(C)(C)C)ccn6)c5c4)c3)c3c(-c4c(C)cc(C#N)cc4C)cccc32)c([2H])c1[2H]. The fraction of sp³-hybridized carbons (Fsp3) is 0.0984. The maximum absolute atomic E-state index is 9.98. The van der Waals surface area contributed by atoms with Gasteiger partial charge in [0.05, 0.1) is 58.8 Å². The monoisotopic (exact) mass is 875 g/mol. The third kappa shape index (κ3) is 7.32. The van der Waals surface area contributed by atoms with Gasteiger partial charge in [-0.2, -0.15) is 5.26 Å². The van der Waals surface area contributed by atoms with Crippen LogP contribution in [-0.2, 0) is 5.41 Å². The van der Waals surface area contributed by atoms with E-state index >= 15 is 0 Å². The first-order valence-corrected chi connectivity index (χ1v) is 21.9. The highest BCUT2D eigenvalue weighted by Gasteiger charge is 2.24. The number of hydrogen-bond donors (Lipinski definition) is 0. The van der Waals surface area contributed by atoms with Crippen molar-refractivity contribution < 1.29 is 23.0 Å². The minimum absolute atomic E-state index is 0.113. The summed E-state index contributed by atoms with van der Waals surface area (Å²) in [6, 6.07) is 36.6. The number of rotatable bonds is 8. The van der Waals surface area contributed by atoms with Gasteiger partial charge in [0.15, 0.2) is 0 Å². The molecule has 6 heteroatoms. The van der Waals surface area contributed by atoms with Gasteiger partial charge in [0.25, 0.3) is 6.33 Å². The summed E-state index contributed by atoms with van der Waals surface area (Å²) < 4.78 is 101. The smallest absolute Gasteiger partial charge is 0.269 e. The lowest BCUT2D eigenvalue weighted by atomic mass is 9.88. The second-order valence-electron chi connectivity index (χ2n) is 17.5. The van der Waals surface area contributed by atoms with Crippen LogP contribution >= 0.6 is 0 Å². The van der Waals surface area contributed by atoms with E-state index in [0.717, 1.165) is 55.4 Å². The zero-order valence-corrected chi connectivity index (χ0v) is 37.3. The maximum atomic E-state index is 9.98. The maximum Gasteiger partial charge on any atom is 0.269 e. The minimum atomic E-state index is -0.590. The summed E-state index contributed by atoms with van der Waals surface area (Å²) in [6.45, 7) is 10.4. The molecule has 0 unspecified atom stereocenters. The molecule has 0 saturated heterocycles. The molecule has 0 aliphatic carbocycles. The number of hydrogen-bond acceptors (Lipinski definition) is 3. The van der Waals surface area contributed by atoms with Crippen LogP contribution in [0.15, 0.2) is 194 Å². The Morgan fingerprint density at radius 2 is 1.30 bits per heavy atom. The highest BCUT2D eigenvalue weighted by molar-refractivity contribution is 6.09. The first-order valence-electron chi connectivity index (χ1n) is 26.9. The van der Waals surface area contributed by atoms with Crippen LogP contribution in [-0.4, -0.2) is 14.1 Å². The zero-order valence-electron chi connectivity index (χ0n) is 47.3. The van der Waals surface area contributed by atoms with Gasteiger partial charge in [-0.25, -0.2) is 4.98 Å². The normalized spacial score (nSPS) is 13.7. The molecule has 0 aliphatic rings. The van der Waals surface area contributed by atoms with Crippen molar-refractivity contribution in [2.45, 2.75) is 40.0 Å². The average molecular weight is 876 g/mol. The summed E-state index contributed by atoms with van der Waals surface area (Å²) in [5, 5.41) is 12.1. The van der Waals surface area contributed by atoms with E-state index in [2.05, 4.69) is 55.9 Å². The van der Waals surface area contributed by atoms with Gasteiger partial charge in [-0.15, -0.1) is 0 Å². The number of ether oxygens (including phenoxy) is 1. The van der Waals surface area contributed by atoms with Crippen LogP contribution in [0.2, 0.25) is 0 Å². The topological polar surface area (TPSA) is 59.6 Å². The molecule has 11 rings (SSSR count). The molecule has 0 amide bonds. The van der Waals surface area contributed by atoms with E-state index in [9.17, 15) is 10.7 Å². The lowest BCUT2D eigenvalue weighted by Gasteiger charge is -2.20. The molecule has 0 atom stereocenters. The van der Waals surface area contributed by atoms with E-state index < -0.39 is 60.4 Å². The third-order valence-electron chi connectivity index (χ3n) is 12.2. The van der Waals surface area contributed by atoms with Crippen molar-refractivity contribution in [3.8, 4) is 68.1 Å². The molecule has 0 aliphatic heterocycles. The number of pyridine rings is 1. The van der Waals surface area contributed by atoms with Crippen molar-refractivity contribution in [1.29, 1.82) is 5.26 Å². The lowest BCUT2D eigenvalue weighted by Crippen LogP contribution is -2.31. The number of benzene rings is 8. The molecule has 8 aromatic carbocycles. The Kier molecular flexibility index (Phi) is 7.71. The lowest BCUT2D eigenvalue weighted by molar-refractivity contribution is -0.571. The van der Waals surface area contributed by atoms with Crippen LogP contribution in [0.3, 0.4) is 0 Å². The number of nitrogens with zero attached hydrogens (tertiary/aromatic N) is 5. The van der Waals surface area contributed by atoms with Crippen LogP contribution in [0.1, 0.15) is 56.7 Å². The van der Waals surface area contributed by atoms with E-state index in [4.69, 9.17) is 17.9 Å². The standard InChI is InChI=1S/C61H47N5O/c1-40-33-42(38-62)34-41(2)58(40)53-26-16-28-55-60(53)64(39-65(55)59-49(43-17-8-6-9-18-43)24-15-25-50(59)44-19-10-7-11-20-44)46-21-14-22-47(36-46)67-48-29-30-52-51-23-12-13-27-54(51)66(56(52)37-48)57-35-45(31-32-63-57)61(3,4)5/h6-37H,1-5H3/i6D,7D,8D,9D,10D,11D,17D,18D,19D,20D. The molecule has 322 valence electrons. The Morgan fingerprint density at radius 1 is 0.657 bits per heavy atom.